The molecule has 0 aliphatic carbocycles. The van der Waals surface area contributed by atoms with Crippen molar-refractivity contribution in [3.05, 3.63) is 89.0 Å². The van der Waals surface area contributed by atoms with Gasteiger partial charge in [0.1, 0.15) is 18.1 Å². The molecule has 1 aliphatic heterocycles. The van der Waals surface area contributed by atoms with Gasteiger partial charge in [-0.15, -0.1) is 0 Å². The van der Waals surface area contributed by atoms with Crippen molar-refractivity contribution < 1.29 is 18.9 Å². The largest absolute Gasteiger partial charge is 0.497 e. The fourth-order valence-corrected chi connectivity index (χ4v) is 3.94. The van der Waals surface area contributed by atoms with Gasteiger partial charge >= 0.3 is 0 Å². The molecule has 0 saturated carbocycles. The van der Waals surface area contributed by atoms with E-state index in [1.54, 1.807) is 21.3 Å². The molecule has 1 N–H and O–H groups in total. The lowest BCUT2D eigenvalue weighted by Gasteiger charge is -2.26. The average Bonchev–Trinajstić information content (AvgIpc) is 2.85. The van der Waals surface area contributed by atoms with Crippen LogP contribution in [-0.2, 0) is 13.0 Å². The quantitative estimate of drug-likeness (QED) is 0.532. The van der Waals surface area contributed by atoms with Crippen LogP contribution < -0.4 is 24.3 Å². The van der Waals surface area contributed by atoms with E-state index in [1.165, 1.54) is 11.1 Å². The number of fused-ring (bicyclic) bond motifs is 1. The van der Waals surface area contributed by atoms with Gasteiger partial charge in [-0.1, -0.05) is 42.5 Å². The van der Waals surface area contributed by atoms with Gasteiger partial charge in [0.25, 0.3) is 0 Å². The average molecular weight is 432 g/mol. The number of hydrogen-bond acceptors (Lipinski definition) is 5. The maximum absolute atomic E-state index is 6.11. The third kappa shape index (κ3) is 4.89. The highest BCUT2D eigenvalue weighted by Crippen LogP contribution is 2.37. The highest BCUT2D eigenvalue weighted by Gasteiger charge is 2.21. The lowest BCUT2D eigenvalue weighted by Crippen LogP contribution is -2.28. The van der Waals surface area contributed by atoms with Gasteiger partial charge in [0.15, 0.2) is 11.5 Å². The predicted molar refractivity (Wildman–Crippen MR) is 127 cm³/mol. The lowest BCUT2D eigenvalue weighted by atomic mass is 9.93. The summed E-state index contributed by atoms with van der Waals surface area (Å²) in [7, 11) is 5.02. The van der Waals surface area contributed by atoms with Crippen LogP contribution in [0.4, 0.5) is 0 Å². The standard InChI is InChI=1S/C27H29NO4/c1-29-22-10-12-25(30-2)21(15-22)9-11-24-23-17-26(31-3)27(16-20(23)13-14-28-24)32-18-19-7-5-4-6-8-19/h4-12,15-17,24,28H,13-14,18H2,1-3H3/b11-9+. The van der Waals surface area contributed by atoms with E-state index in [-0.39, 0.29) is 6.04 Å². The van der Waals surface area contributed by atoms with Crippen LogP contribution in [0, 0.1) is 0 Å². The van der Waals surface area contributed by atoms with E-state index in [4.69, 9.17) is 18.9 Å². The fraction of sp³-hybridized carbons (Fsp3) is 0.259. The van der Waals surface area contributed by atoms with Gasteiger partial charge in [0.2, 0.25) is 0 Å². The summed E-state index contributed by atoms with van der Waals surface area (Å²) in [4.78, 5) is 0. The van der Waals surface area contributed by atoms with Crippen molar-refractivity contribution in [1.82, 2.24) is 5.32 Å². The van der Waals surface area contributed by atoms with Crippen LogP contribution in [0.3, 0.4) is 0 Å². The Morgan fingerprint density at radius 1 is 0.875 bits per heavy atom. The minimum absolute atomic E-state index is 0.0618. The molecule has 0 amide bonds. The number of nitrogens with one attached hydrogen (secondary N) is 1. The third-order valence-corrected chi connectivity index (χ3v) is 5.66. The zero-order chi connectivity index (χ0) is 22.3. The molecule has 1 aliphatic rings. The molecule has 3 aromatic rings. The van der Waals surface area contributed by atoms with E-state index in [0.717, 1.165) is 47.1 Å². The molecule has 0 spiro atoms. The molecule has 166 valence electrons. The van der Waals surface area contributed by atoms with Crippen LogP contribution in [0.1, 0.15) is 28.3 Å². The summed E-state index contributed by atoms with van der Waals surface area (Å²) in [5, 5.41) is 3.59. The van der Waals surface area contributed by atoms with Gasteiger partial charge in [-0.05, 0) is 53.4 Å². The molecule has 1 atom stereocenters. The van der Waals surface area contributed by atoms with Gasteiger partial charge in [0, 0.05) is 12.1 Å². The first kappa shape index (κ1) is 21.8. The van der Waals surface area contributed by atoms with Crippen molar-refractivity contribution in [2.24, 2.45) is 0 Å². The zero-order valence-corrected chi connectivity index (χ0v) is 18.8. The lowest BCUT2D eigenvalue weighted by molar-refractivity contribution is 0.283. The van der Waals surface area contributed by atoms with E-state index in [0.29, 0.717) is 6.61 Å². The molecular weight excluding hydrogens is 402 g/mol. The number of ether oxygens (including phenoxy) is 4. The Hall–Kier alpha value is -3.44. The van der Waals surface area contributed by atoms with Crippen molar-refractivity contribution in [2.45, 2.75) is 19.1 Å². The van der Waals surface area contributed by atoms with Crippen molar-refractivity contribution in [1.29, 1.82) is 0 Å². The second kappa shape index (κ2) is 10.2. The van der Waals surface area contributed by atoms with E-state index >= 15 is 0 Å². The highest BCUT2D eigenvalue weighted by atomic mass is 16.5. The topological polar surface area (TPSA) is 49.0 Å². The molecule has 3 aromatic carbocycles. The zero-order valence-electron chi connectivity index (χ0n) is 18.8. The Kier molecular flexibility index (Phi) is 6.97. The van der Waals surface area contributed by atoms with Crippen molar-refractivity contribution in [2.75, 3.05) is 27.9 Å². The Morgan fingerprint density at radius 2 is 1.69 bits per heavy atom. The van der Waals surface area contributed by atoms with E-state index in [2.05, 4.69) is 41.7 Å². The van der Waals surface area contributed by atoms with E-state index < -0.39 is 0 Å². The van der Waals surface area contributed by atoms with Crippen LogP contribution in [-0.4, -0.2) is 27.9 Å². The smallest absolute Gasteiger partial charge is 0.161 e. The van der Waals surface area contributed by atoms with E-state index in [1.807, 2.05) is 36.4 Å². The van der Waals surface area contributed by atoms with Crippen LogP contribution in [0.5, 0.6) is 23.0 Å². The Bertz CT molecular complexity index is 1080. The second-order valence-corrected chi connectivity index (χ2v) is 7.62. The third-order valence-electron chi connectivity index (χ3n) is 5.66. The first-order valence-corrected chi connectivity index (χ1v) is 10.7. The molecule has 0 radical (unpaired) electrons. The summed E-state index contributed by atoms with van der Waals surface area (Å²) in [5.74, 6) is 3.11. The first-order chi connectivity index (χ1) is 15.7. The maximum Gasteiger partial charge on any atom is 0.161 e. The minimum atomic E-state index is 0.0618. The number of rotatable bonds is 8. The van der Waals surface area contributed by atoms with E-state index in [9.17, 15) is 0 Å². The minimum Gasteiger partial charge on any atom is -0.497 e. The molecule has 5 heteroatoms. The summed E-state index contributed by atoms with van der Waals surface area (Å²) in [6.07, 6.45) is 5.16. The number of benzene rings is 3. The molecule has 0 aromatic heterocycles. The van der Waals surface area contributed by atoms with Gasteiger partial charge < -0.3 is 24.3 Å². The summed E-state index contributed by atoms with van der Waals surface area (Å²) in [5.41, 5.74) is 4.55. The van der Waals surface area contributed by atoms with Crippen molar-refractivity contribution in [3.8, 4) is 23.0 Å². The van der Waals surface area contributed by atoms with Gasteiger partial charge in [-0.25, -0.2) is 0 Å². The van der Waals surface area contributed by atoms with Gasteiger partial charge in [-0.2, -0.15) is 0 Å². The molecule has 4 rings (SSSR count). The Balaban J connectivity index is 1.59. The molecule has 1 heterocycles. The predicted octanol–water partition coefficient (Wildman–Crippen LogP) is 5.19. The molecule has 1 unspecified atom stereocenters. The Labute approximate surface area is 189 Å². The van der Waals surface area contributed by atoms with Crippen LogP contribution in [0.25, 0.3) is 6.08 Å². The first-order valence-electron chi connectivity index (χ1n) is 10.7. The normalized spacial score (nSPS) is 15.3. The molecular formula is C27H29NO4. The summed E-state index contributed by atoms with van der Waals surface area (Å²) in [6.45, 7) is 1.40. The molecule has 0 fully saturated rings. The summed E-state index contributed by atoms with van der Waals surface area (Å²) < 4.78 is 22.6. The van der Waals surface area contributed by atoms with Crippen LogP contribution in [0.2, 0.25) is 0 Å². The molecule has 0 saturated heterocycles. The summed E-state index contributed by atoms with van der Waals surface area (Å²) in [6, 6.07) is 20.2. The number of methoxy groups -OCH3 is 3. The van der Waals surface area contributed by atoms with Crippen molar-refractivity contribution >= 4 is 6.08 Å². The monoisotopic (exact) mass is 431 g/mol. The van der Waals surface area contributed by atoms with Crippen LogP contribution >= 0.6 is 0 Å². The SMILES string of the molecule is COc1ccc(OC)c(/C=C/C2NCCc3cc(OCc4ccccc4)c(OC)cc32)c1. The maximum atomic E-state index is 6.11. The fourth-order valence-electron chi connectivity index (χ4n) is 3.94. The summed E-state index contributed by atoms with van der Waals surface area (Å²) >= 11 is 0. The van der Waals surface area contributed by atoms with Gasteiger partial charge in [0.05, 0.1) is 27.4 Å². The highest BCUT2D eigenvalue weighted by molar-refractivity contribution is 5.61. The molecule has 0 bridgehead atoms. The second-order valence-electron chi connectivity index (χ2n) is 7.62. The van der Waals surface area contributed by atoms with Gasteiger partial charge in [-0.3, -0.25) is 0 Å². The Morgan fingerprint density at radius 3 is 2.44 bits per heavy atom. The van der Waals surface area contributed by atoms with Crippen LogP contribution in [0.15, 0.2) is 66.7 Å². The molecule has 5 nitrogen and oxygen atoms in total. The number of hydrogen-bond donors (Lipinski definition) is 1. The molecule has 32 heavy (non-hydrogen) atoms. The van der Waals surface area contributed by atoms with Crippen molar-refractivity contribution in [3.63, 3.8) is 0 Å².